The molecular weight excluding hydrogens is 222 g/mol. The largest absolute Gasteiger partial charge is 0.311 e. The van der Waals surface area contributed by atoms with Gasteiger partial charge in [-0.3, -0.25) is 9.88 Å². The van der Waals surface area contributed by atoms with Crippen LogP contribution in [0.1, 0.15) is 26.5 Å². The Kier molecular flexibility index (Phi) is 6.61. The first-order valence-corrected chi connectivity index (χ1v) is 6.64. The Bertz CT molecular complexity index is 346. The Morgan fingerprint density at radius 1 is 1.44 bits per heavy atom. The second-order valence-electron chi connectivity index (χ2n) is 4.91. The average molecular weight is 247 g/mol. The van der Waals surface area contributed by atoms with Gasteiger partial charge < -0.3 is 5.32 Å². The third-order valence-electron chi connectivity index (χ3n) is 2.77. The zero-order valence-corrected chi connectivity index (χ0v) is 11.8. The molecule has 3 nitrogen and oxygen atoms in total. The molecular formula is C15H25N3. The Morgan fingerprint density at radius 2 is 2.22 bits per heavy atom. The van der Waals surface area contributed by atoms with Crippen molar-refractivity contribution in [3.8, 4) is 0 Å². The van der Waals surface area contributed by atoms with Crippen LogP contribution >= 0.6 is 0 Å². The van der Waals surface area contributed by atoms with E-state index in [1.807, 2.05) is 18.3 Å². The first-order chi connectivity index (χ1) is 8.61. The number of aromatic nitrogens is 1. The average Bonchev–Trinajstić information content (AvgIpc) is 2.37. The van der Waals surface area contributed by atoms with Gasteiger partial charge in [0.25, 0.3) is 0 Å². The molecule has 0 amide bonds. The summed E-state index contributed by atoms with van der Waals surface area (Å²) in [6.07, 6.45) is 1.85. The molecule has 0 spiro atoms. The molecule has 0 atom stereocenters. The third-order valence-corrected chi connectivity index (χ3v) is 2.77. The van der Waals surface area contributed by atoms with Crippen LogP contribution in [0.3, 0.4) is 0 Å². The molecule has 0 bridgehead atoms. The number of hydrogen-bond acceptors (Lipinski definition) is 3. The van der Waals surface area contributed by atoms with E-state index in [0.29, 0.717) is 6.04 Å². The van der Waals surface area contributed by atoms with Crippen LogP contribution in [0.4, 0.5) is 0 Å². The van der Waals surface area contributed by atoms with Crippen LogP contribution in [-0.2, 0) is 6.54 Å². The summed E-state index contributed by atoms with van der Waals surface area (Å²) in [4.78, 5) is 6.71. The summed E-state index contributed by atoms with van der Waals surface area (Å²) in [5.74, 6) is 0. The topological polar surface area (TPSA) is 28.2 Å². The lowest BCUT2D eigenvalue weighted by Crippen LogP contribution is -2.31. The standard InChI is InChI=1S/C15H25N3/c1-5-18(11-14(4)10-17-13(2)3)12-15-8-6-7-9-16-15/h6-9,13,17H,4-5,10-12H2,1-3H3. The highest BCUT2D eigenvalue weighted by molar-refractivity contribution is 5.05. The smallest absolute Gasteiger partial charge is 0.0544 e. The summed E-state index contributed by atoms with van der Waals surface area (Å²) < 4.78 is 0. The zero-order valence-electron chi connectivity index (χ0n) is 11.8. The van der Waals surface area contributed by atoms with Crippen molar-refractivity contribution in [2.24, 2.45) is 0 Å². The highest BCUT2D eigenvalue weighted by Crippen LogP contribution is 2.03. The van der Waals surface area contributed by atoms with E-state index in [4.69, 9.17) is 0 Å². The summed E-state index contributed by atoms with van der Waals surface area (Å²) in [6, 6.07) is 6.56. The van der Waals surface area contributed by atoms with Crippen LogP contribution in [0.5, 0.6) is 0 Å². The van der Waals surface area contributed by atoms with Gasteiger partial charge in [0.15, 0.2) is 0 Å². The molecule has 0 unspecified atom stereocenters. The number of pyridine rings is 1. The van der Waals surface area contributed by atoms with Gasteiger partial charge in [-0.15, -0.1) is 0 Å². The van der Waals surface area contributed by atoms with E-state index < -0.39 is 0 Å². The molecule has 0 aromatic carbocycles. The second kappa shape index (κ2) is 8.01. The molecule has 0 saturated heterocycles. The predicted octanol–water partition coefficient (Wildman–Crippen LogP) is 2.46. The lowest BCUT2D eigenvalue weighted by atomic mass is 10.2. The minimum Gasteiger partial charge on any atom is -0.311 e. The van der Waals surface area contributed by atoms with E-state index in [1.54, 1.807) is 0 Å². The van der Waals surface area contributed by atoms with Crippen molar-refractivity contribution in [1.82, 2.24) is 15.2 Å². The maximum Gasteiger partial charge on any atom is 0.0544 e. The van der Waals surface area contributed by atoms with Gasteiger partial charge in [-0.1, -0.05) is 33.4 Å². The van der Waals surface area contributed by atoms with Gasteiger partial charge in [0.1, 0.15) is 0 Å². The van der Waals surface area contributed by atoms with Crippen LogP contribution in [0.2, 0.25) is 0 Å². The fraction of sp³-hybridized carbons (Fsp3) is 0.533. The maximum atomic E-state index is 4.36. The van der Waals surface area contributed by atoms with Crippen molar-refractivity contribution >= 4 is 0 Å². The van der Waals surface area contributed by atoms with Gasteiger partial charge in [-0.25, -0.2) is 0 Å². The maximum absolute atomic E-state index is 4.36. The SMILES string of the molecule is C=C(CNC(C)C)CN(CC)Cc1ccccn1. The molecule has 3 heteroatoms. The van der Waals surface area contributed by atoms with Crippen molar-refractivity contribution < 1.29 is 0 Å². The van der Waals surface area contributed by atoms with Gasteiger partial charge >= 0.3 is 0 Å². The van der Waals surface area contributed by atoms with Gasteiger partial charge in [0.2, 0.25) is 0 Å². The highest BCUT2D eigenvalue weighted by Gasteiger charge is 2.06. The Morgan fingerprint density at radius 3 is 2.78 bits per heavy atom. The molecule has 18 heavy (non-hydrogen) atoms. The number of nitrogens with one attached hydrogen (secondary N) is 1. The van der Waals surface area contributed by atoms with E-state index in [2.05, 4.69) is 48.6 Å². The lowest BCUT2D eigenvalue weighted by molar-refractivity contribution is 0.298. The number of rotatable bonds is 8. The molecule has 0 aliphatic heterocycles. The number of hydrogen-bond donors (Lipinski definition) is 1. The van der Waals surface area contributed by atoms with Crippen molar-refractivity contribution in [1.29, 1.82) is 0 Å². The predicted molar refractivity (Wildman–Crippen MR) is 77.5 cm³/mol. The molecule has 1 aromatic heterocycles. The lowest BCUT2D eigenvalue weighted by Gasteiger charge is -2.22. The molecule has 100 valence electrons. The first-order valence-electron chi connectivity index (χ1n) is 6.64. The van der Waals surface area contributed by atoms with E-state index in [1.165, 1.54) is 5.57 Å². The third kappa shape index (κ3) is 5.94. The molecule has 0 radical (unpaired) electrons. The van der Waals surface area contributed by atoms with E-state index in [0.717, 1.165) is 31.9 Å². The molecule has 1 aromatic rings. The minimum absolute atomic E-state index is 0.507. The van der Waals surface area contributed by atoms with Crippen LogP contribution in [0.15, 0.2) is 36.5 Å². The Hall–Kier alpha value is -1.19. The summed E-state index contributed by atoms with van der Waals surface area (Å²) in [5, 5.41) is 3.40. The fourth-order valence-corrected chi connectivity index (χ4v) is 1.72. The van der Waals surface area contributed by atoms with Crippen molar-refractivity contribution in [3.63, 3.8) is 0 Å². The summed E-state index contributed by atoms with van der Waals surface area (Å²) in [6.45, 7) is 14.3. The van der Waals surface area contributed by atoms with Gasteiger partial charge in [-0.2, -0.15) is 0 Å². The summed E-state index contributed by atoms with van der Waals surface area (Å²) in [5.41, 5.74) is 2.34. The molecule has 1 heterocycles. The molecule has 1 rings (SSSR count). The molecule has 0 fully saturated rings. The first kappa shape index (κ1) is 14.9. The number of nitrogens with zero attached hydrogens (tertiary/aromatic N) is 2. The van der Waals surface area contributed by atoms with Crippen molar-refractivity contribution in [2.45, 2.75) is 33.4 Å². The quantitative estimate of drug-likeness (QED) is 0.715. The molecule has 1 N–H and O–H groups in total. The van der Waals surface area contributed by atoms with Crippen LogP contribution in [0.25, 0.3) is 0 Å². The molecule has 0 aliphatic carbocycles. The summed E-state index contributed by atoms with van der Waals surface area (Å²) in [7, 11) is 0. The molecule has 0 saturated carbocycles. The highest BCUT2D eigenvalue weighted by atomic mass is 15.1. The fourth-order valence-electron chi connectivity index (χ4n) is 1.72. The monoisotopic (exact) mass is 247 g/mol. The van der Waals surface area contributed by atoms with Crippen molar-refractivity contribution in [2.75, 3.05) is 19.6 Å². The summed E-state index contributed by atoms with van der Waals surface area (Å²) >= 11 is 0. The van der Waals surface area contributed by atoms with Crippen LogP contribution < -0.4 is 5.32 Å². The minimum atomic E-state index is 0.507. The Balaban J connectivity index is 2.40. The van der Waals surface area contributed by atoms with E-state index in [-0.39, 0.29) is 0 Å². The number of likely N-dealkylation sites (N-methyl/N-ethyl adjacent to an activating group) is 1. The van der Waals surface area contributed by atoms with Gasteiger partial charge in [0.05, 0.1) is 5.69 Å². The van der Waals surface area contributed by atoms with E-state index in [9.17, 15) is 0 Å². The zero-order chi connectivity index (χ0) is 13.4. The van der Waals surface area contributed by atoms with Gasteiger partial charge in [0, 0.05) is 31.9 Å². The normalized spacial score (nSPS) is 11.2. The molecule has 0 aliphatic rings. The Labute approximate surface area is 111 Å². The van der Waals surface area contributed by atoms with Gasteiger partial charge in [-0.05, 0) is 24.3 Å². The van der Waals surface area contributed by atoms with Crippen LogP contribution in [-0.4, -0.2) is 35.6 Å². The van der Waals surface area contributed by atoms with Crippen LogP contribution in [0, 0.1) is 0 Å². The van der Waals surface area contributed by atoms with Crippen molar-refractivity contribution in [3.05, 3.63) is 42.2 Å². The van der Waals surface area contributed by atoms with E-state index >= 15 is 0 Å². The second-order valence-corrected chi connectivity index (χ2v) is 4.91.